The smallest absolute Gasteiger partial charge is 0.106 e. The molecule has 0 saturated carbocycles. The minimum absolute atomic E-state index is 0.349. The Hall–Kier alpha value is -0.450. The van der Waals surface area contributed by atoms with Gasteiger partial charge in [-0.25, -0.2) is 4.98 Å². The van der Waals surface area contributed by atoms with Gasteiger partial charge in [-0.05, 0) is 46.9 Å². The fraction of sp³-hybridized carbons (Fsp3) is 0.545. The second-order valence-electron chi connectivity index (χ2n) is 4.13. The fourth-order valence-corrected chi connectivity index (χ4v) is 2.23. The molecule has 0 aliphatic carbocycles. The van der Waals surface area contributed by atoms with E-state index < -0.39 is 0 Å². The van der Waals surface area contributed by atoms with Crippen LogP contribution in [0.5, 0.6) is 0 Å². The van der Waals surface area contributed by atoms with E-state index in [-0.39, 0.29) is 0 Å². The van der Waals surface area contributed by atoms with Gasteiger partial charge in [0.05, 0.1) is 0 Å². The Labute approximate surface area is 98.8 Å². The van der Waals surface area contributed by atoms with E-state index in [4.69, 9.17) is 5.73 Å². The lowest BCUT2D eigenvalue weighted by molar-refractivity contribution is 0.201. The van der Waals surface area contributed by atoms with Gasteiger partial charge in [0.2, 0.25) is 0 Å². The van der Waals surface area contributed by atoms with E-state index in [1.165, 1.54) is 12.0 Å². The summed E-state index contributed by atoms with van der Waals surface area (Å²) in [6, 6.07) is 4.44. The van der Waals surface area contributed by atoms with Gasteiger partial charge in [0.1, 0.15) is 4.60 Å². The summed E-state index contributed by atoms with van der Waals surface area (Å²) in [6.45, 7) is 3.13. The Morgan fingerprint density at radius 3 is 3.07 bits per heavy atom. The predicted octanol–water partition coefficient (Wildman–Crippen LogP) is 1.77. The van der Waals surface area contributed by atoms with Crippen molar-refractivity contribution < 1.29 is 0 Å². The average Bonchev–Trinajstić information content (AvgIpc) is 2.22. The van der Waals surface area contributed by atoms with Crippen LogP contribution in [0.4, 0.5) is 0 Å². The van der Waals surface area contributed by atoms with Gasteiger partial charge in [-0.3, -0.25) is 4.90 Å². The molecule has 1 aliphatic heterocycles. The molecule has 1 atom stereocenters. The minimum Gasteiger partial charge on any atom is -0.327 e. The van der Waals surface area contributed by atoms with Gasteiger partial charge in [-0.15, -0.1) is 0 Å². The van der Waals surface area contributed by atoms with Crippen LogP contribution in [-0.4, -0.2) is 29.0 Å². The third-order valence-electron chi connectivity index (χ3n) is 2.74. The molecule has 3 nitrogen and oxygen atoms in total. The normalized spacial score (nSPS) is 22.9. The van der Waals surface area contributed by atoms with Gasteiger partial charge < -0.3 is 5.73 Å². The molecule has 0 aromatic carbocycles. The van der Waals surface area contributed by atoms with E-state index >= 15 is 0 Å². The Morgan fingerprint density at radius 2 is 2.40 bits per heavy atom. The predicted molar refractivity (Wildman–Crippen MR) is 64.4 cm³/mol. The first-order chi connectivity index (χ1) is 7.24. The van der Waals surface area contributed by atoms with Crippen LogP contribution in [-0.2, 0) is 6.54 Å². The van der Waals surface area contributed by atoms with Crippen LogP contribution in [0.1, 0.15) is 18.4 Å². The van der Waals surface area contributed by atoms with E-state index in [9.17, 15) is 0 Å². The van der Waals surface area contributed by atoms with Crippen LogP contribution < -0.4 is 5.73 Å². The molecule has 1 aromatic rings. The molecule has 82 valence electrons. The van der Waals surface area contributed by atoms with E-state index in [1.807, 2.05) is 12.3 Å². The minimum atomic E-state index is 0.349. The zero-order valence-corrected chi connectivity index (χ0v) is 10.3. The van der Waals surface area contributed by atoms with E-state index in [2.05, 4.69) is 31.9 Å². The zero-order chi connectivity index (χ0) is 10.7. The van der Waals surface area contributed by atoms with Crippen molar-refractivity contribution in [2.24, 2.45) is 5.73 Å². The van der Waals surface area contributed by atoms with Crippen molar-refractivity contribution in [3.63, 3.8) is 0 Å². The van der Waals surface area contributed by atoms with Gasteiger partial charge in [-0.2, -0.15) is 0 Å². The molecule has 0 unspecified atom stereocenters. The Bertz CT molecular complexity index is 312. The number of pyridine rings is 1. The highest BCUT2D eigenvalue weighted by Gasteiger charge is 2.16. The number of hydrogen-bond acceptors (Lipinski definition) is 3. The fourth-order valence-electron chi connectivity index (χ4n) is 1.99. The Morgan fingerprint density at radius 1 is 1.53 bits per heavy atom. The molecule has 1 aromatic heterocycles. The molecule has 0 bridgehead atoms. The third kappa shape index (κ3) is 3.26. The topological polar surface area (TPSA) is 42.1 Å². The summed E-state index contributed by atoms with van der Waals surface area (Å²) in [4.78, 5) is 6.62. The second-order valence-corrected chi connectivity index (χ2v) is 4.94. The van der Waals surface area contributed by atoms with Crippen LogP contribution in [0.2, 0.25) is 0 Å². The zero-order valence-electron chi connectivity index (χ0n) is 8.69. The molecule has 0 spiro atoms. The number of piperidine rings is 1. The summed E-state index contributed by atoms with van der Waals surface area (Å²) in [5.74, 6) is 0. The summed E-state index contributed by atoms with van der Waals surface area (Å²) < 4.78 is 0.890. The summed E-state index contributed by atoms with van der Waals surface area (Å²) >= 11 is 3.34. The maximum absolute atomic E-state index is 5.94. The van der Waals surface area contributed by atoms with Gasteiger partial charge in [0, 0.05) is 25.3 Å². The molecule has 2 heterocycles. The number of hydrogen-bond donors (Lipinski definition) is 1. The SMILES string of the molecule is N[C@@H]1CCCN(Cc2ccc(Br)nc2)C1. The van der Waals surface area contributed by atoms with Crippen molar-refractivity contribution in [2.45, 2.75) is 25.4 Å². The number of halogens is 1. The lowest BCUT2D eigenvalue weighted by Gasteiger charge is -2.30. The van der Waals surface area contributed by atoms with Crippen LogP contribution >= 0.6 is 15.9 Å². The molecular formula is C11H16BrN3. The Kier molecular flexibility index (Phi) is 3.72. The van der Waals surface area contributed by atoms with Crippen LogP contribution in [0, 0.1) is 0 Å². The second kappa shape index (κ2) is 5.05. The highest BCUT2D eigenvalue weighted by atomic mass is 79.9. The number of nitrogens with zero attached hydrogens (tertiary/aromatic N) is 2. The largest absolute Gasteiger partial charge is 0.327 e. The summed E-state index contributed by atoms with van der Waals surface area (Å²) in [7, 11) is 0. The molecule has 0 amide bonds. The van der Waals surface area contributed by atoms with Crippen molar-refractivity contribution in [1.82, 2.24) is 9.88 Å². The third-order valence-corrected chi connectivity index (χ3v) is 3.21. The quantitative estimate of drug-likeness (QED) is 0.833. The molecule has 1 aliphatic rings. The lowest BCUT2D eigenvalue weighted by atomic mass is 10.1. The molecular weight excluding hydrogens is 254 g/mol. The first kappa shape index (κ1) is 11.0. The van der Waals surface area contributed by atoms with Gasteiger partial charge >= 0.3 is 0 Å². The maximum Gasteiger partial charge on any atom is 0.106 e. The van der Waals surface area contributed by atoms with Crippen molar-refractivity contribution in [1.29, 1.82) is 0 Å². The van der Waals surface area contributed by atoms with Gasteiger partial charge in [0.25, 0.3) is 0 Å². The van der Waals surface area contributed by atoms with Crippen LogP contribution in [0.15, 0.2) is 22.9 Å². The van der Waals surface area contributed by atoms with Crippen LogP contribution in [0.25, 0.3) is 0 Å². The molecule has 4 heteroatoms. The number of rotatable bonds is 2. The summed E-state index contributed by atoms with van der Waals surface area (Å²) in [6.07, 6.45) is 4.30. The van der Waals surface area contributed by atoms with Crippen molar-refractivity contribution in [2.75, 3.05) is 13.1 Å². The first-order valence-electron chi connectivity index (χ1n) is 5.32. The molecule has 1 saturated heterocycles. The molecule has 2 rings (SSSR count). The maximum atomic E-state index is 5.94. The summed E-state index contributed by atoms with van der Waals surface area (Å²) in [5, 5.41) is 0. The average molecular weight is 270 g/mol. The van der Waals surface area contributed by atoms with Crippen molar-refractivity contribution >= 4 is 15.9 Å². The monoisotopic (exact) mass is 269 g/mol. The first-order valence-corrected chi connectivity index (χ1v) is 6.12. The van der Waals surface area contributed by atoms with Gasteiger partial charge in [-0.1, -0.05) is 6.07 Å². The van der Waals surface area contributed by atoms with E-state index in [1.54, 1.807) is 0 Å². The highest BCUT2D eigenvalue weighted by Crippen LogP contribution is 2.13. The van der Waals surface area contributed by atoms with Crippen molar-refractivity contribution in [3.8, 4) is 0 Å². The molecule has 15 heavy (non-hydrogen) atoms. The number of nitrogens with two attached hydrogens (primary N) is 1. The lowest BCUT2D eigenvalue weighted by Crippen LogP contribution is -2.42. The number of likely N-dealkylation sites (tertiary alicyclic amines) is 1. The molecule has 0 radical (unpaired) electrons. The van der Waals surface area contributed by atoms with E-state index in [0.29, 0.717) is 6.04 Å². The van der Waals surface area contributed by atoms with Gasteiger partial charge in [0.15, 0.2) is 0 Å². The highest BCUT2D eigenvalue weighted by molar-refractivity contribution is 9.10. The summed E-state index contributed by atoms with van der Waals surface area (Å²) in [5.41, 5.74) is 7.19. The molecule has 2 N–H and O–H groups in total. The van der Waals surface area contributed by atoms with Crippen LogP contribution in [0.3, 0.4) is 0 Å². The van der Waals surface area contributed by atoms with E-state index in [0.717, 1.165) is 30.7 Å². The van der Waals surface area contributed by atoms with Crippen molar-refractivity contribution in [3.05, 3.63) is 28.5 Å². The number of aromatic nitrogens is 1. The Balaban J connectivity index is 1.93. The standard InChI is InChI=1S/C11H16BrN3/c12-11-4-3-9(6-14-11)7-15-5-1-2-10(13)8-15/h3-4,6,10H,1-2,5,7-8,13H2/t10-/m1/s1. The molecule has 1 fully saturated rings.